The van der Waals surface area contributed by atoms with Gasteiger partial charge in [-0.2, -0.15) is 0 Å². The molecule has 0 atom stereocenters. The average Bonchev–Trinajstić information content (AvgIpc) is 1.85. The summed E-state index contributed by atoms with van der Waals surface area (Å²) in [4.78, 5) is 3.79. The van der Waals surface area contributed by atoms with E-state index in [1.54, 1.807) is 6.92 Å². The summed E-state index contributed by atoms with van der Waals surface area (Å²) in [5.41, 5.74) is 10.7. The number of guanidine groups is 1. The minimum absolute atomic E-state index is 0.281. The number of amidine groups is 1. The Morgan fingerprint density at radius 3 is 2.45 bits per heavy atom. The molecular weight excluding hydrogens is 364 g/mol. The first kappa shape index (κ1) is 11.4. The van der Waals surface area contributed by atoms with Crippen molar-refractivity contribution >= 4 is 46.8 Å². The molecule has 5 N–H and O–H groups in total. The van der Waals surface area contributed by atoms with Crippen LogP contribution in [-0.2, 0) is 0 Å². The fraction of sp³-hybridized carbons (Fsp3) is 0.500. The van der Waals surface area contributed by atoms with Crippen LogP contribution < -0.4 is 15.0 Å². The standard InChI is InChI=1S/C3H7N4.CH4N.HI.Sn/c1-2(4)7-3(5)6;1-2;;/h1H3,(H4-,4,5,6,7);2H,1H3;1H;/q2*-1;;+3/p-1. The van der Waals surface area contributed by atoms with Gasteiger partial charge in [-0.15, -0.1) is 0 Å². The van der Waals surface area contributed by atoms with Crippen LogP contribution in [0.3, 0.4) is 0 Å². The Kier molecular flexibility index (Phi) is 6.24. The summed E-state index contributed by atoms with van der Waals surface area (Å²) in [5.74, 6) is 0.720. The number of halogens is 1. The molecule has 0 spiro atoms. The van der Waals surface area contributed by atoms with Gasteiger partial charge in [-0.1, -0.05) is 0 Å². The number of hydrogen-bond donors (Lipinski definition) is 3. The molecule has 63 valence electrons. The van der Waals surface area contributed by atoms with Crippen LogP contribution in [0.1, 0.15) is 6.92 Å². The Bertz CT molecular complexity index is 175. The molecule has 0 heterocycles. The molecule has 0 saturated heterocycles. The van der Waals surface area contributed by atoms with Crippen LogP contribution in [0.5, 0.6) is 0 Å². The maximum atomic E-state index is 5.44. The minimum atomic E-state index is -1.78. The van der Waals surface area contributed by atoms with Crippen molar-refractivity contribution < 1.29 is 0 Å². The van der Waals surface area contributed by atoms with Crippen molar-refractivity contribution in [3.63, 3.8) is 0 Å². The van der Waals surface area contributed by atoms with Gasteiger partial charge in [0.1, 0.15) is 0 Å². The van der Waals surface area contributed by atoms with E-state index < -0.39 is 16.3 Å². The number of nitrogens with zero attached hydrogens (tertiary/aromatic N) is 2. The van der Waals surface area contributed by atoms with Crippen LogP contribution in [0.4, 0.5) is 0 Å². The third-order valence-corrected chi connectivity index (χ3v) is 8.34. The van der Waals surface area contributed by atoms with E-state index in [1.807, 2.05) is 7.05 Å². The monoisotopic (exact) mass is 376 g/mol. The molecule has 0 aromatic carbocycles. The molecular formula is C4H11IN5Sn. The molecule has 0 rings (SSSR count). The van der Waals surface area contributed by atoms with Gasteiger partial charge in [0.05, 0.1) is 0 Å². The summed E-state index contributed by atoms with van der Waals surface area (Å²) in [5, 5.41) is 0. The average molecular weight is 375 g/mol. The second-order valence-electron chi connectivity index (χ2n) is 1.76. The molecule has 0 aromatic rings. The van der Waals surface area contributed by atoms with Crippen molar-refractivity contribution in [1.29, 1.82) is 0 Å². The zero-order valence-corrected chi connectivity index (χ0v) is 11.4. The van der Waals surface area contributed by atoms with E-state index in [4.69, 9.17) is 11.5 Å². The molecule has 0 aliphatic carbocycles. The van der Waals surface area contributed by atoms with E-state index >= 15 is 0 Å². The summed E-state index contributed by atoms with van der Waals surface area (Å²) < 4.78 is 7.21. The summed E-state index contributed by atoms with van der Waals surface area (Å²) in [7, 11) is 1.87. The SMILES string of the molecule is C[NH][Sn]([I])[N]=C(N)N=C(C)N. The third kappa shape index (κ3) is 6.81. The molecule has 11 heavy (non-hydrogen) atoms. The Balaban J connectivity index is 4.11. The van der Waals surface area contributed by atoms with E-state index in [0.29, 0.717) is 5.84 Å². The van der Waals surface area contributed by atoms with E-state index in [-0.39, 0.29) is 5.96 Å². The van der Waals surface area contributed by atoms with Crippen LogP contribution in [0.2, 0.25) is 0 Å². The van der Waals surface area contributed by atoms with E-state index in [2.05, 4.69) is 30.4 Å². The summed E-state index contributed by atoms with van der Waals surface area (Å²) in [6.45, 7) is 1.68. The summed E-state index contributed by atoms with van der Waals surface area (Å²) >= 11 is 0.491. The van der Waals surface area contributed by atoms with Crippen molar-refractivity contribution in [1.82, 2.24) is 3.54 Å². The Labute approximate surface area is 83.4 Å². The number of rotatable bonds is 2. The van der Waals surface area contributed by atoms with Crippen molar-refractivity contribution in [2.24, 2.45) is 19.7 Å². The van der Waals surface area contributed by atoms with Crippen molar-refractivity contribution in [2.45, 2.75) is 6.92 Å². The molecule has 0 aromatic heterocycles. The predicted octanol–water partition coefficient (Wildman–Crippen LogP) is -0.682. The first-order chi connectivity index (χ1) is 5.06. The van der Waals surface area contributed by atoms with Gasteiger partial charge in [-0.05, 0) is 0 Å². The van der Waals surface area contributed by atoms with E-state index in [0.717, 1.165) is 0 Å². The van der Waals surface area contributed by atoms with Gasteiger partial charge in [-0.3, -0.25) is 0 Å². The van der Waals surface area contributed by atoms with Gasteiger partial charge in [0, 0.05) is 0 Å². The van der Waals surface area contributed by atoms with Crippen LogP contribution in [0.25, 0.3) is 0 Å². The fourth-order valence-electron chi connectivity index (χ4n) is 0.362. The molecule has 0 fully saturated rings. The van der Waals surface area contributed by atoms with Crippen LogP contribution in [0.15, 0.2) is 8.21 Å². The van der Waals surface area contributed by atoms with Gasteiger partial charge < -0.3 is 0 Å². The normalized spacial score (nSPS) is 14.2. The number of aliphatic imine (C=N–C) groups is 1. The Hall–Kier alpha value is 0.429. The molecule has 0 aliphatic rings. The number of nitrogens with one attached hydrogen (secondary N) is 1. The molecule has 7 heteroatoms. The number of nitrogens with two attached hydrogens (primary N) is 2. The fourth-order valence-corrected chi connectivity index (χ4v) is 3.06. The molecule has 0 aliphatic heterocycles. The van der Waals surface area contributed by atoms with Crippen LogP contribution in [0, 0.1) is 0 Å². The second-order valence-corrected chi connectivity index (χ2v) is 12.3. The van der Waals surface area contributed by atoms with Gasteiger partial charge in [0.25, 0.3) is 0 Å². The third-order valence-electron chi connectivity index (χ3n) is 0.710. The van der Waals surface area contributed by atoms with E-state index in [1.165, 1.54) is 0 Å². The number of hydrogen-bond acceptors (Lipinski definition) is 2. The quantitative estimate of drug-likeness (QED) is 0.259. The summed E-state index contributed by atoms with van der Waals surface area (Å²) in [6.07, 6.45) is 0. The molecule has 1 radical (unpaired) electrons. The summed E-state index contributed by atoms with van der Waals surface area (Å²) in [6, 6.07) is 0. The van der Waals surface area contributed by atoms with Gasteiger partial charge in [0.15, 0.2) is 0 Å². The molecule has 5 nitrogen and oxygen atoms in total. The first-order valence-corrected chi connectivity index (χ1v) is 13.9. The topological polar surface area (TPSA) is 88.8 Å². The van der Waals surface area contributed by atoms with Gasteiger partial charge in [0.2, 0.25) is 0 Å². The van der Waals surface area contributed by atoms with Gasteiger partial charge in [-0.25, -0.2) is 0 Å². The zero-order chi connectivity index (χ0) is 8.85. The molecule has 0 bridgehead atoms. The molecule has 0 saturated carbocycles. The van der Waals surface area contributed by atoms with Crippen LogP contribution in [-0.4, -0.2) is 35.2 Å². The van der Waals surface area contributed by atoms with Gasteiger partial charge >= 0.3 is 84.0 Å². The molecule has 0 unspecified atom stereocenters. The zero-order valence-electron chi connectivity index (χ0n) is 6.43. The van der Waals surface area contributed by atoms with Crippen molar-refractivity contribution in [2.75, 3.05) is 7.05 Å². The Morgan fingerprint density at radius 1 is 1.55 bits per heavy atom. The predicted molar refractivity (Wildman–Crippen MR) is 57.8 cm³/mol. The Morgan fingerprint density at radius 2 is 2.09 bits per heavy atom. The maximum absolute atomic E-state index is 5.44. The van der Waals surface area contributed by atoms with Crippen LogP contribution >= 0.6 is 18.6 Å². The second kappa shape index (κ2) is 6.00. The molecule has 0 amide bonds. The van der Waals surface area contributed by atoms with E-state index in [9.17, 15) is 0 Å². The van der Waals surface area contributed by atoms with Crippen molar-refractivity contribution in [3.8, 4) is 0 Å². The van der Waals surface area contributed by atoms with Crippen molar-refractivity contribution in [3.05, 3.63) is 0 Å². The first-order valence-electron chi connectivity index (χ1n) is 2.91.